The molecule has 0 spiro atoms. The molecule has 6 nitrogen and oxygen atoms in total. The average Bonchev–Trinajstić information content (AvgIpc) is 2.59. The number of anilines is 2. The first kappa shape index (κ1) is 18.3. The van der Waals surface area contributed by atoms with Crippen LogP contribution in [-0.2, 0) is 5.75 Å². The Morgan fingerprint density at radius 1 is 1.12 bits per heavy atom. The number of benzene rings is 2. The van der Waals surface area contributed by atoms with E-state index >= 15 is 0 Å². The number of aryl methyl sites for hydroxylation is 2. The van der Waals surface area contributed by atoms with Crippen LogP contribution in [0.15, 0.2) is 52.4 Å². The third kappa shape index (κ3) is 4.36. The van der Waals surface area contributed by atoms with Crippen LogP contribution in [0.1, 0.15) is 16.7 Å². The van der Waals surface area contributed by atoms with Crippen LogP contribution >= 0.6 is 23.4 Å². The first-order valence-electron chi connectivity index (χ1n) is 7.90. The van der Waals surface area contributed by atoms with E-state index in [-0.39, 0.29) is 5.82 Å². The molecule has 0 atom stereocenters. The number of hydrogen-bond acceptors (Lipinski definition) is 6. The monoisotopic (exact) mass is 387 g/mol. The first-order valence-corrected chi connectivity index (χ1v) is 9.26. The van der Waals surface area contributed by atoms with Gasteiger partial charge in [0.25, 0.3) is 0 Å². The minimum atomic E-state index is -0.433. The standard InChI is InChI=1S/C18H18ClN5OS/c1-11-7-12(2)9-15(8-11)21-16-17(25)24(20)18(23-22-16)26-10-13-3-5-14(19)6-4-13/h3-9H,10,20H2,1-2H3,(H,21,22). The van der Waals surface area contributed by atoms with Gasteiger partial charge in [0.1, 0.15) is 0 Å². The molecule has 134 valence electrons. The largest absolute Gasteiger partial charge is 0.334 e. The molecule has 0 fully saturated rings. The number of aromatic nitrogens is 3. The summed E-state index contributed by atoms with van der Waals surface area (Å²) in [6.45, 7) is 3.98. The van der Waals surface area contributed by atoms with Crippen molar-refractivity contribution >= 4 is 34.9 Å². The number of thioether (sulfide) groups is 1. The summed E-state index contributed by atoms with van der Waals surface area (Å²) in [5.74, 6) is 6.60. The summed E-state index contributed by atoms with van der Waals surface area (Å²) >= 11 is 7.21. The molecule has 8 heteroatoms. The van der Waals surface area contributed by atoms with E-state index in [0.29, 0.717) is 15.9 Å². The van der Waals surface area contributed by atoms with E-state index in [1.807, 2.05) is 50.2 Å². The van der Waals surface area contributed by atoms with Crippen molar-refractivity contribution < 1.29 is 0 Å². The number of halogens is 1. The van der Waals surface area contributed by atoms with E-state index < -0.39 is 5.56 Å². The predicted octanol–water partition coefficient (Wildman–Crippen LogP) is 3.66. The predicted molar refractivity (Wildman–Crippen MR) is 107 cm³/mol. The Morgan fingerprint density at radius 2 is 1.77 bits per heavy atom. The van der Waals surface area contributed by atoms with Gasteiger partial charge in [-0.25, -0.2) is 0 Å². The van der Waals surface area contributed by atoms with Gasteiger partial charge in [-0.1, -0.05) is 41.6 Å². The molecular formula is C18H18ClN5OS. The molecule has 0 saturated carbocycles. The topological polar surface area (TPSA) is 85.8 Å². The van der Waals surface area contributed by atoms with Gasteiger partial charge < -0.3 is 11.2 Å². The van der Waals surface area contributed by atoms with Crippen LogP contribution in [-0.4, -0.2) is 14.9 Å². The fourth-order valence-electron chi connectivity index (χ4n) is 2.47. The maximum absolute atomic E-state index is 12.5. The Kier molecular flexibility index (Phi) is 5.49. The highest BCUT2D eigenvalue weighted by atomic mass is 35.5. The third-order valence-electron chi connectivity index (χ3n) is 3.63. The minimum absolute atomic E-state index is 0.0911. The fourth-order valence-corrected chi connectivity index (χ4v) is 3.41. The van der Waals surface area contributed by atoms with Gasteiger partial charge in [-0.3, -0.25) is 4.79 Å². The Labute approximate surface area is 160 Å². The zero-order chi connectivity index (χ0) is 18.7. The van der Waals surface area contributed by atoms with Crippen LogP contribution < -0.4 is 16.7 Å². The van der Waals surface area contributed by atoms with Gasteiger partial charge in [-0.15, -0.1) is 10.2 Å². The van der Waals surface area contributed by atoms with Crippen LogP contribution in [0.2, 0.25) is 5.02 Å². The van der Waals surface area contributed by atoms with Crippen molar-refractivity contribution in [2.24, 2.45) is 0 Å². The number of nitrogens with two attached hydrogens (primary N) is 1. The lowest BCUT2D eigenvalue weighted by Gasteiger charge is -2.10. The van der Waals surface area contributed by atoms with Crippen LogP contribution in [0.4, 0.5) is 11.5 Å². The minimum Gasteiger partial charge on any atom is -0.334 e. The third-order valence-corrected chi connectivity index (χ3v) is 4.89. The van der Waals surface area contributed by atoms with Gasteiger partial charge in [0.15, 0.2) is 0 Å². The molecule has 3 N–H and O–H groups in total. The van der Waals surface area contributed by atoms with E-state index in [1.54, 1.807) is 0 Å². The number of nitrogens with zero attached hydrogens (tertiary/aromatic N) is 3. The van der Waals surface area contributed by atoms with Crippen LogP contribution in [0.3, 0.4) is 0 Å². The number of rotatable bonds is 5. The second kappa shape index (κ2) is 7.80. The lowest BCUT2D eigenvalue weighted by molar-refractivity contribution is 0.705. The molecule has 3 rings (SSSR count). The van der Waals surface area contributed by atoms with E-state index in [0.717, 1.165) is 27.1 Å². The molecule has 0 aliphatic rings. The van der Waals surface area contributed by atoms with Gasteiger partial charge in [0.05, 0.1) is 0 Å². The zero-order valence-corrected chi connectivity index (χ0v) is 15.9. The van der Waals surface area contributed by atoms with Crippen molar-refractivity contribution in [1.29, 1.82) is 0 Å². The van der Waals surface area contributed by atoms with Crippen molar-refractivity contribution in [3.05, 3.63) is 74.5 Å². The molecule has 0 aliphatic heterocycles. The van der Waals surface area contributed by atoms with Crippen molar-refractivity contribution in [2.75, 3.05) is 11.2 Å². The molecule has 1 aromatic heterocycles. The number of nitrogens with one attached hydrogen (secondary N) is 1. The van der Waals surface area contributed by atoms with Crippen molar-refractivity contribution in [3.63, 3.8) is 0 Å². The van der Waals surface area contributed by atoms with Crippen molar-refractivity contribution in [3.8, 4) is 0 Å². The van der Waals surface area contributed by atoms with Crippen LogP contribution in [0.25, 0.3) is 0 Å². The molecule has 0 saturated heterocycles. The van der Waals surface area contributed by atoms with Gasteiger partial charge in [0.2, 0.25) is 11.0 Å². The van der Waals surface area contributed by atoms with E-state index in [9.17, 15) is 4.79 Å². The van der Waals surface area contributed by atoms with Crippen LogP contribution in [0, 0.1) is 13.8 Å². The molecule has 0 bridgehead atoms. The highest BCUT2D eigenvalue weighted by Crippen LogP contribution is 2.21. The van der Waals surface area contributed by atoms with Gasteiger partial charge >= 0.3 is 5.56 Å². The van der Waals surface area contributed by atoms with Gasteiger partial charge in [-0.05, 0) is 54.8 Å². The normalized spacial score (nSPS) is 10.7. The SMILES string of the molecule is Cc1cc(C)cc(Nc2nnc(SCc3ccc(Cl)cc3)n(N)c2=O)c1. The van der Waals surface area contributed by atoms with Gasteiger partial charge in [-0.2, -0.15) is 4.68 Å². The molecule has 2 aromatic carbocycles. The van der Waals surface area contributed by atoms with Gasteiger partial charge in [0, 0.05) is 16.5 Å². The Bertz CT molecular complexity index is 968. The molecular weight excluding hydrogens is 370 g/mol. The van der Waals surface area contributed by atoms with E-state index in [2.05, 4.69) is 21.6 Å². The Balaban J connectivity index is 1.77. The highest BCUT2D eigenvalue weighted by Gasteiger charge is 2.11. The molecule has 0 amide bonds. The number of hydrogen-bond donors (Lipinski definition) is 2. The second-order valence-electron chi connectivity index (χ2n) is 5.92. The maximum atomic E-state index is 12.5. The first-order chi connectivity index (χ1) is 12.4. The van der Waals surface area contributed by atoms with Crippen molar-refractivity contribution in [1.82, 2.24) is 14.9 Å². The quantitative estimate of drug-likeness (QED) is 0.513. The molecule has 0 unspecified atom stereocenters. The molecule has 0 aliphatic carbocycles. The highest BCUT2D eigenvalue weighted by molar-refractivity contribution is 7.98. The van der Waals surface area contributed by atoms with Crippen LogP contribution in [0.5, 0.6) is 0 Å². The summed E-state index contributed by atoms with van der Waals surface area (Å²) in [5.41, 5.74) is 3.56. The molecule has 1 heterocycles. The summed E-state index contributed by atoms with van der Waals surface area (Å²) in [5, 5.41) is 12.1. The lowest BCUT2D eigenvalue weighted by Crippen LogP contribution is -2.32. The number of nitrogen functional groups attached to an aromatic ring is 1. The lowest BCUT2D eigenvalue weighted by atomic mass is 10.1. The molecule has 0 radical (unpaired) electrons. The molecule has 26 heavy (non-hydrogen) atoms. The Morgan fingerprint density at radius 3 is 2.42 bits per heavy atom. The summed E-state index contributed by atoms with van der Waals surface area (Å²) in [6.07, 6.45) is 0. The summed E-state index contributed by atoms with van der Waals surface area (Å²) < 4.78 is 1.01. The fraction of sp³-hybridized carbons (Fsp3) is 0.167. The Hall–Kier alpha value is -2.51. The van der Waals surface area contributed by atoms with E-state index in [1.165, 1.54) is 11.8 Å². The average molecular weight is 388 g/mol. The zero-order valence-electron chi connectivity index (χ0n) is 14.4. The summed E-state index contributed by atoms with van der Waals surface area (Å²) in [7, 11) is 0. The smallest absolute Gasteiger partial charge is 0.315 e. The van der Waals surface area contributed by atoms with Crippen molar-refractivity contribution in [2.45, 2.75) is 24.8 Å². The second-order valence-corrected chi connectivity index (χ2v) is 7.30. The maximum Gasteiger partial charge on any atom is 0.315 e. The molecule has 3 aromatic rings. The summed E-state index contributed by atoms with van der Waals surface area (Å²) in [6, 6.07) is 13.4. The van der Waals surface area contributed by atoms with E-state index in [4.69, 9.17) is 17.4 Å². The summed E-state index contributed by atoms with van der Waals surface area (Å²) in [4.78, 5) is 12.5.